The van der Waals surface area contributed by atoms with E-state index < -0.39 is 11.4 Å². The lowest BCUT2D eigenvalue weighted by molar-refractivity contribution is -0.154. The first-order valence-electron chi connectivity index (χ1n) is 6.46. The molecule has 0 bridgehead atoms. The van der Waals surface area contributed by atoms with Gasteiger partial charge in [-0.2, -0.15) is 0 Å². The van der Waals surface area contributed by atoms with Gasteiger partial charge in [0.25, 0.3) is 0 Å². The fourth-order valence-corrected chi connectivity index (χ4v) is 1.26. The molecule has 0 amide bonds. The highest BCUT2D eigenvalue weighted by Crippen LogP contribution is 2.41. The molecule has 0 saturated carbocycles. The van der Waals surface area contributed by atoms with Crippen LogP contribution in [0, 0.1) is 10.8 Å². The Bertz CT molecular complexity index is 206. The quantitative estimate of drug-likeness (QED) is 0.544. The van der Waals surface area contributed by atoms with Crippen LogP contribution in [-0.2, 0) is 4.79 Å². The van der Waals surface area contributed by atoms with Crippen molar-refractivity contribution in [3.05, 3.63) is 0 Å². The van der Waals surface area contributed by atoms with Crippen LogP contribution >= 0.6 is 11.6 Å². The second kappa shape index (κ2) is 8.79. The molecule has 104 valence electrons. The van der Waals surface area contributed by atoms with E-state index in [4.69, 9.17) is 16.7 Å². The van der Waals surface area contributed by atoms with Crippen molar-refractivity contribution in [2.75, 3.05) is 5.88 Å². The molecule has 0 heterocycles. The van der Waals surface area contributed by atoms with E-state index in [2.05, 4.69) is 6.92 Å². The summed E-state index contributed by atoms with van der Waals surface area (Å²) >= 11 is 5.38. The largest absolute Gasteiger partial charge is 0.481 e. The Hall–Kier alpha value is -0.240. The molecule has 1 N–H and O–H groups in total. The van der Waals surface area contributed by atoms with Crippen molar-refractivity contribution in [2.45, 2.75) is 67.2 Å². The molecule has 0 aromatic heterocycles. The first-order chi connectivity index (χ1) is 7.67. The van der Waals surface area contributed by atoms with Gasteiger partial charge in [0.1, 0.15) is 0 Å². The molecule has 0 aliphatic rings. The molecule has 0 atom stereocenters. The van der Waals surface area contributed by atoms with Gasteiger partial charge in [0, 0.05) is 5.88 Å². The predicted octanol–water partition coefficient (Wildman–Crippen LogP) is 4.95. The zero-order valence-electron chi connectivity index (χ0n) is 12.3. The number of rotatable bonds is 6. The average molecular weight is 265 g/mol. The second-order valence-electron chi connectivity index (χ2n) is 5.56. The van der Waals surface area contributed by atoms with Crippen LogP contribution in [0.1, 0.15) is 67.2 Å². The lowest BCUT2D eigenvalue weighted by Gasteiger charge is -2.37. The van der Waals surface area contributed by atoms with Crippen molar-refractivity contribution < 1.29 is 9.90 Å². The fourth-order valence-electron chi connectivity index (χ4n) is 1.08. The van der Waals surface area contributed by atoms with Gasteiger partial charge in [-0.15, -0.1) is 11.6 Å². The summed E-state index contributed by atoms with van der Waals surface area (Å²) in [5.74, 6) is 0.109. The SMILES string of the molecule is CCC(C)(C)C(C)(C)C(=O)O.CCCCCCl. The third-order valence-corrected chi connectivity index (χ3v) is 4.11. The van der Waals surface area contributed by atoms with E-state index in [1.165, 1.54) is 19.3 Å². The van der Waals surface area contributed by atoms with Gasteiger partial charge in [0.2, 0.25) is 0 Å². The lowest BCUT2D eigenvalue weighted by atomic mass is 9.66. The first kappa shape index (κ1) is 19.1. The summed E-state index contributed by atoms with van der Waals surface area (Å²) in [6, 6.07) is 0. The van der Waals surface area contributed by atoms with Crippen molar-refractivity contribution >= 4 is 17.6 Å². The first-order valence-corrected chi connectivity index (χ1v) is 7.00. The van der Waals surface area contributed by atoms with Crippen molar-refractivity contribution in [3.63, 3.8) is 0 Å². The van der Waals surface area contributed by atoms with E-state index in [1.54, 1.807) is 13.8 Å². The standard InChI is InChI=1S/C9H18O2.C5H11Cl/c1-6-8(2,3)9(4,5)7(10)11;1-2-3-4-5-6/h6H2,1-5H3,(H,10,11);2-5H2,1H3. The summed E-state index contributed by atoms with van der Waals surface area (Å²) in [6.07, 6.45) is 4.61. The Morgan fingerprint density at radius 1 is 1.12 bits per heavy atom. The van der Waals surface area contributed by atoms with Crippen LogP contribution in [0.3, 0.4) is 0 Å². The normalized spacial score (nSPS) is 11.7. The molecule has 0 fully saturated rings. The van der Waals surface area contributed by atoms with Crippen LogP contribution in [0.15, 0.2) is 0 Å². The molecule has 0 saturated heterocycles. The van der Waals surface area contributed by atoms with Crippen molar-refractivity contribution in [1.82, 2.24) is 0 Å². The Morgan fingerprint density at radius 2 is 1.59 bits per heavy atom. The van der Waals surface area contributed by atoms with E-state index in [0.29, 0.717) is 0 Å². The Kier molecular flexibility index (Phi) is 9.88. The zero-order chi connectivity index (χ0) is 14.1. The maximum Gasteiger partial charge on any atom is 0.309 e. The fraction of sp³-hybridized carbons (Fsp3) is 0.929. The number of carboxylic acid groups (broad SMARTS) is 1. The van der Waals surface area contributed by atoms with Crippen LogP contribution < -0.4 is 0 Å². The molecule has 0 aliphatic carbocycles. The third kappa shape index (κ3) is 6.92. The summed E-state index contributed by atoms with van der Waals surface area (Å²) in [5.41, 5.74) is -0.777. The summed E-state index contributed by atoms with van der Waals surface area (Å²) in [5, 5.41) is 8.91. The highest BCUT2D eigenvalue weighted by Gasteiger charge is 2.41. The molecule has 2 nitrogen and oxygen atoms in total. The molecule has 0 spiro atoms. The molecule has 0 radical (unpaired) electrons. The molecule has 0 unspecified atom stereocenters. The maximum atomic E-state index is 10.8. The molecule has 0 aliphatic heterocycles. The van der Waals surface area contributed by atoms with Gasteiger partial charge in [-0.3, -0.25) is 4.79 Å². The molecule has 0 aromatic carbocycles. The summed E-state index contributed by atoms with van der Waals surface area (Å²) < 4.78 is 0. The number of unbranched alkanes of at least 4 members (excludes halogenated alkanes) is 2. The third-order valence-electron chi connectivity index (χ3n) is 3.85. The van der Waals surface area contributed by atoms with E-state index in [-0.39, 0.29) is 5.41 Å². The van der Waals surface area contributed by atoms with Gasteiger partial charge in [0.05, 0.1) is 5.41 Å². The lowest BCUT2D eigenvalue weighted by Crippen LogP contribution is -2.39. The van der Waals surface area contributed by atoms with E-state index >= 15 is 0 Å². The molecule has 17 heavy (non-hydrogen) atoms. The molecule has 0 rings (SSSR count). The monoisotopic (exact) mass is 264 g/mol. The van der Waals surface area contributed by atoms with Crippen LogP contribution in [0.4, 0.5) is 0 Å². The van der Waals surface area contributed by atoms with Crippen LogP contribution in [0.25, 0.3) is 0 Å². The van der Waals surface area contributed by atoms with Crippen LogP contribution in [-0.4, -0.2) is 17.0 Å². The predicted molar refractivity (Wildman–Crippen MR) is 75.7 cm³/mol. The number of carbonyl (C=O) groups is 1. The molecular weight excluding hydrogens is 236 g/mol. The minimum absolute atomic E-state index is 0.140. The summed E-state index contributed by atoms with van der Waals surface area (Å²) in [7, 11) is 0. The second-order valence-corrected chi connectivity index (χ2v) is 5.94. The van der Waals surface area contributed by atoms with Gasteiger partial charge >= 0.3 is 5.97 Å². The van der Waals surface area contributed by atoms with Gasteiger partial charge in [-0.05, 0) is 32.1 Å². The Labute approximate surface area is 112 Å². The minimum Gasteiger partial charge on any atom is -0.481 e. The van der Waals surface area contributed by atoms with E-state index in [1.807, 2.05) is 20.8 Å². The maximum absolute atomic E-state index is 10.8. The number of alkyl halides is 1. The number of halogens is 1. The van der Waals surface area contributed by atoms with Gasteiger partial charge in [-0.1, -0.05) is 40.5 Å². The number of hydrogen-bond donors (Lipinski definition) is 1. The highest BCUT2D eigenvalue weighted by molar-refractivity contribution is 6.17. The molecular formula is C14H29ClO2. The van der Waals surface area contributed by atoms with Crippen LogP contribution in [0.2, 0.25) is 0 Å². The topological polar surface area (TPSA) is 37.3 Å². The van der Waals surface area contributed by atoms with Crippen molar-refractivity contribution in [3.8, 4) is 0 Å². The smallest absolute Gasteiger partial charge is 0.309 e. The molecule has 3 heteroatoms. The average Bonchev–Trinajstić information content (AvgIpc) is 2.26. The van der Waals surface area contributed by atoms with Gasteiger partial charge in [0.15, 0.2) is 0 Å². The number of hydrogen-bond acceptors (Lipinski definition) is 1. The summed E-state index contributed by atoms with van der Waals surface area (Å²) in [6.45, 7) is 11.7. The highest BCUT2D eigenvalue weighted by atomic mass is 35.5. The Morgan fingerprint density at radius 3 is 1.71 bits per heavy atom. The van der Waals surface area contributed by atoms with Gasteiger partial charge < -0.3 is 5.11 Å². The zero-order valence-corrected chi connectivity index (χ0v) is 13.0. The van der Waals surface area contributed by atoms with E-state index in [9.17, 15) is 4.79 Å². The molecule has 0 aromatic rings. The van der Waals surface area contributed by atoms with Crippen molar-refractivity contribution in [2.24, 2.45) is 10.8 Å². The number of carboxylic acids is 1. The van der Waals surface area contributed by atoms with Crippen LogP contribution in [0.5, 0.6) is 0 Å². The summed E-state index contributed by atoms with van der Waals surface area (Å²) in [4.78, 5) is 10.8. The van der Waals surface area contributed by atoms with Gasteiger partial charge in [-0.25, -0.2) is 0 Å². The van der Waals surface area contributed by atoms with E-state index in [0.717, 1.165) is 12.3 Å². The minimum atomic E-state index is -0.718. The Balaban J connectivity index is 0. The number of aliphatic carboxylic acids is 1. The van der Waals surface area contributed by atoms with Crippen molar-refractivity contribution in [1.29, 1.82) is 0 Å².